The monoisotopic (exact) mass is 299 g/mol. The van der Waals surface area contributed by atoms with E-state index < -0.39 is 17.6 Å². The topological polar surface area (TPSA) is 37.0 Å². The third kappa shape index (κ3) is 3.84. The molecule has 0 aliphatic rings. The molecule has 2 aromatic rings. The number of pyridine rings is 1. The van der Waals surface area contributed by atoms with Crippen molar-refractivity contribution in [3.05, 3.63) is 47.8 Å². The van der Waals surface area contributed by atoms with Gasteiger partial charge in [-0.25, -0.2) is 9.37 Å². The fourth-order valence-corrected chi connectivity index (χ4v) is 1.75. The average Bonchev–Trinajstić information content (AvgIpc) is 2.40. The van der Waals surface area contributed by atoms with Crippen LogP contribution in [0.25, 0.3) is 0 Å². The van der Waals surface area contributed by atoms with Gasteiger partial charge in [0, 0.05) is 12.2 Å². The van der Waals surface area contributed by atoms with Crippen LogP contribution in [0.5, 0.6) is 0 Å². The Kier molecular flexibility index (Phi) is 4.30. The molecular weight excluding hydrogens is 286 g/mol. The van der Waals surface area contributed by atoms with Crippen LogP contribution in [0.2, 0.25) is 0 Å². The van der Waals surface area contributed by atoms with Gasteiger partial charge in [-0.3, -0.25) is 0 Å². The van der Waals surface area contributed by atoms with E-state index in [0.717, 1.165) is 12.1 Å². The summed E-state index contributed by atoms with van der Waals surface area (Å²) in [6.45, 7) is 2.57. The fourth-order valence-electron chi connectivity index (χ4n) is 1.75. The molecule has 2 N–H and O–H groups in total. The molecule has 0 fully saturated rings. The number of halogens is 4. The maximum absolute atomic E-state index is 13.2. The van der Waals surface area contributed by atoms with Crippen molar-refractivity contribution in [2.45, 2.75) is 13.1 Å². The fraction of sp³-hybridized carbons (Fsp3) is 0.214. The molecule has 0 aliphatic carbocycles. The van der Waals surface area contributed by atoms with Crippen LogP contribution in [0.1, 0.15) is 12.5 Å². The van der Waals surface area contributed by atoms with Crippen molar-refractivity contribution in [2.75, 3.05) is 17.2 Å². The first-order valence-electron chi connectivity index (χ1n) is 6.25. The largest absolute Gasteiger partial charge is 0.419 e. The molecule has 0 atom stereocenters. The first kappa shape index (κ1) is 15.1. The van der Waals surface area contributed by atoms with Crippen molar-refractivity contribution in [3.63, 3.8) is 0 Å². The smallest absolute Gasteiger partial charge is 0.370 e. The molecule has 0 unspecified atom stereocenters. The molecule has 0 saturated heterocycles. The van der Waals surface area contributed by atoms with Crippen LogP contribution in [0, 0.1) is 5.82 Å². The highest BCUT2D eigenvalue weighted by molar-refractivity contribution is 5.59. The Morgan fingerprint density at radius 2 is 1.81 bits per heavy atom. The van der Waals surface area contributed by atoms with Crippen LogP contribution in [0.4, 0.5) is 34.9 Å². The Balaban J connectivity index is 2.26. The van der Waals surface area contributed by atoms with E-state index >= 15 is 0 Å². The zero-order valence-corrected chi connectivity index (χ0v) is 11.1. The summed E-state index contributed by atoms with van der Waals surface area (Å²) in [6, 6.07) is 7.78. The van der Waals surface area contributed by atoms with E-state index in [9.17, 15) is 17.6 Å². The third-order valence-corrected chi connectivity index (χ3v) is 2.65. The first-order chi connectivity index (χ1) is 9.90. The molecule has 0 amide bonds. The maximum atomic E-state index is 13.2. The van der Waals surface area contributed by atoms with Crippen molar-refractivity contribution >= 4 is 17.3 Å². The highest BCUT2D eigenvalue weighted by Gasteiger charge is 2.34. The summed E-state index contributed by atoms with van der Waals surface area (Å²) in [7, 11) is 0. The summed E-state index contributed by atoms with van der Waals surface area (Å²) in [5.41, 5.74) is -1.19. The van der Waals surface area contributed by atoms with Crippen molar-refractivity contribution in [2.24, 2.45) is 0 Å². The number of nitrogens with one attached hydrogen (secondary N) is 2. The van der Waals surface area contributed by atoms with Gasteiger partial charge in [0.05, 0.1) is 5.56 Å². The van der Waals surface area contributed by atoms with E-state index in [1.54, 1.807) is 18.2 Å². The summed E-state index contributed by atoms with van der Waals surface area (Å²) in [5, 5.41) is 5.71. The lowest BCUT2D eigenvalue weighted by Gasteiger charge is -2.12. The summed E-state index contributed by atoms with van der Waals surface area (Å²) < 4.78 is 51.1. The lowest BCUT2D eigenvalue weighted by atomic mass is 10.2. The maximum Gasteiger partial charge on any atom is 0.419 e. The number of anilines is 3. The molecule has 0 saturated carbocycles. The number of alkyl halides is 3. The molecule has 0 aliphatic heterocycles. The van der Waals surface area contributed by atoms with Crippen molar-refractivity contribution in [1.82, 2.24) is 4.98 Å². The van der Waals surface area contributed by atoms with Gasteiger partial charge in [-0.15, -0.1) is 0 Å². The van der Waals surface area contributed by atoms with Gasteiger partial charge in [0.1, 0.15) is 17.5 Å². The molecule has 1 aromatic carbocycles. The molecule has 7 heteroatoms. The average molecular weight is 299 g/mol. The van der Waals surface area contributed by atoms with Gasteiger partial charge in [0.15, 0.2) is 0 Å². The Morgan fingerprint density at radius 1 is 1.10 bits per heavy atom. The minimum atomic E-state index is -4.74. The number of aromatic nitrogens is 1. The van der Waals surface area contributed by atoms with E-state index in [2.05, 4.69) is 15.6 Å². The summed E-state index contributed by atoms with van der Waals surface area (Å²) in [4.78, 5) is 4.17. The van der Waals surface area contributed by atoms with Crippen LogP contribution >= 0.6 is 0 Å². The van der Waals surface area contributed by atoms with Crippen LogP contribution in [-0.2, 0) is 6.18 Å². The van der Waals surface area contributed by atoms with Gasteiger partial charge in [-0.2, -0.15) is 13.2 Å². The lowest BCUT2D eigenvalue weighted by molar-refractivity contribution is -0.139. The Morgan fingerprint density at radius 3 is 2.48 bits per heavy atom. The van der Waals surface area contributed by atoms with E-state index in [1.165, 1.54) is 6.07 Å². The number of hydrogen-bond acceptors (Lipinski definition) is 3. The quantitative estimate of drug-likeness (QED) is 0.821. The lowest BCUT2D eigenvalue weighted by Crippen LogP contribution is -2.09. The standard InChI is InChI=1S/C14H13F4N3/c1-2-19-12-4-3-5-13(21-12)20-9-6-7-11(15)10(8-9)14(16,17)18/h3-8H,2H2,1H3,(H2,19,20,21). The first-order valence-corrected chi connectivity index (χ1v) is 6.25. The summed E-state index contributed by atoms with van der Waals surface area (Å²) >= 11 is 0. The molecular formula is C14H13F4N3. The Labute approximate surface area is 119 Å². The number of nitrogens with zero attached hydrogens (tertiary/aromatic N) is 1. The van der Waals surface area contributed by atoms with Gasteiger partial charge in [0.2, 0.25) is 0 Å². The van der Waals surface area contributed by atoms with Gasteiger partial charge in [0.25, 0.3) is 0 Å². The number of rotatable bonds is 4. The summed E-state index contributed by atoms with van der Waals surface area (Å²) in [6.07, 6.45) is -4.74. The predicted octanol–water partition coefficient (Wildman–Crippen LogP) is 4.41. The summed E-state index contributed by atoms with van der Waals surface area (Å²) in [5.74, 6) is -0.337. The molecule has 1 aromatic heterocycles. The normalized spacial score (nSPS) is 11.3. The Bertz CT molecular complexity index is 626. The van der Waals surface area contributed by atoms with E-state index in [4.69, 9.17) is 0 Å². The molecule has 0 bridgehead atoms. The third-order valence-electron chi connectivity index (χ3n) is 2.65. The Hall–Kier alpha value is -2.31. The van der Waals surface area contributed by atoms with Crippen LogP contribution < -0.4 is 10.6 Å². The second kappa shape index (κ2) is 5.99. The van der Waals surface area contributed by atoms with Crippen LogP contribution in [0.3, 0.4) is 0 Å². The van der Waals surface area contributed by atoms with E-state index in [0.29, 0.717) is 18.2 Å². The van der Waals surface area contributed by atoms with Crippen molar-refractivity contribution < 1.29 is 17.6 Å². The van der Waals surface area contributed by atoms with Gasteiger partial charge in [-0.05, 0) is 37.3 Å². The number of benzene rings is 1. The van der Waals surface area contributed by atoms with Gasteiger partial charge >= 0.3 is 6.18 Å². The molecule has 21 heavy (non-hydrogen) atoms. The van der Waals surface area contributed by atoms with Gasteiger partial charge < -0.3 is 10.6 Å². The van der Waals surface area contributed by atoms with Crippen LogP contribution in [-0.4, -0.2) is 11.5 Å². The van der Waals surface area contributed by atoms with E-state index in [1.807, 2.05) is 6.92 Å². The molecule has 3 nitrogen and oxygen atoms in total. The van der Waals surface area contributed by atoms with Crippen molar-refractivity contribution in [3.8, 4) is 0 Å². The second-order valence-corrected chi connectivity index (χ2v) is 4.26. The minimum Gasteiger partial charge on any atom is -0.370 e. The minimum absolute atomic E-state index is 0.116. The SMILES string of the molecule is CCNc1cccc(Nc2ccc(F)c(C(F)(F)F)c2)n1. The molecule has 2 rings (SSSR count). The second-order valence-electron chi connectivity index (χ2n) is 4.26. The predicted molar refractivity (Wildman–Crippen MR) is 73.1 cm³/mol. The van der Waals surface area contributed by atoms with Crippen LogP contribution in [0.15, 0.2) is 36.4 Å². The molecule has 0 spiro atoms. The highest BCUT2D eigenvalue weighted by Crippen LogP contribution is 2.33. The van der Waals surface area contributed by atoms with Crippen molar-refractivity contribution in [1.29, 1.82) is 0 Å². The molecule has 0 radical (unpaired) electrons. The molecule has 112 valence electrons. The zero-order chi connectivity index (χ0) is 15.5. The van der Waals surface area contributed by atoms with Gasteiger partial charge in [-0.1, -0.05) is 6.07 Å². The van der Waals surface area contributed by atoms with E-state index in [-0.39, 0.29) is 5.69 Å². The number of hydrogen-bond donors (Lipinski definition) is 2. The molecule has 1 heterocycles. The zero-order valence-electron chi connectivity index (χ0n) is 11.1. The highest BCUT2D eigenvalue weighted by atomic mass is 19.4.